The van der Waals surface area contributed by atoms with Crippen molar-refractivity contribution in [3.05, 3.63) is 24.7 Å². The van der Waals surface area contributed by atoms with Gasteiger partial charge in [-0.05, 0) is 6.07 Å². The van der Waals surface area contributed by atoms with Crippen LogP contribution in [0.15, 0.2) is 24.7 Å². The Hall–Kier alpha value is -1.88. The molecule has 2 aromatic rings. The van der Waals surface area contributed by atoms with Gasteiger partial charge < -0.3 is 14.2 Å². The molecule has 0 N–H and O–H groups in total. The quantitative estimate of drug-likeness (QED) is 0.746. The fourth-order valence-electron chi connectivity index (χ4n) is 1.61. The Morgan fingerprint density at radius 3 is 3.06 bits per heavy atom. The standard InChI is InChI=1S/C12H12N2O3/c1-15-11-2-8-4-13-7-14-10(8)3-12(11)17-6-9-5-16-9/h2-4,7,9H,5-6H2,1H3. The van der Waals surface area contributed by atoms with Gasteiger partial charge >= 0.3 is 0 Å². The second kappa shape index (κ2) is 4.18. The Morgan fingerprint density at radius 1 is 1.41 bits per heavy atom. The van der Waals surface area contributed by atoms with Crippen LogP contribution in [0.25, 0.3) is 10.9 Å². The molecular weight excluding hydrogens is 220 g/mol. The van der Waals surface area contributed by atoms with Crippen LogP contribution in [0.5, 0.6) is 11.5 Å². The van der Waals surface area contributed by atoms with Gasteiger partial charge in [-0.25, -0.2) is 9.97 Å². The first-order valence-electron chi connectivity index (χ1n) is 5.39. The van der Waals surface area contributed by atoms with Crippen molar-refractivity contribution in [1.82, 2.24) is 9.97 Å². The van der Waals surface area contributed by atoms with Crippen LogP contribution in [0, 0.1) is 0 Å². The third-order valence-corrected chi connectivity index (χ3v) is 2.62. The van der Waals surface area contributed by atoms with E-state index in [2.05, 4.69) is 9.97 Å². The molecule has 1 aromatic carbocycles. The number of nitrogens with zero attached hydrogens (tertiary/aromatic N) is 2. The minimum atomic E-state index is 0.223. The molecule has 5 heteroatoms. The van der Waals surface area contributed by atoms with E-state index in [-0.39, 0.29) is 6.10 Å². The van der Waals surface area contributed by atoms with E-state index in [1.54, 1.807) is 13.3 Å². The van der Waals surface area contributed by atoms with Crippen LogP contribution in [0.4, 0.5) is 0 Å². The lowest BCUT2D eigenvalue weighted by molar-refractivity contribution is 0.252. The average molecular weight is 232 g/mol. The van der Waals surface area contributed by atoms with Crippen molar-refractivity contribution < 1.29 is 14.2 Å². The summed E-state index contributed by atoms with van der Waals surface area (Å²) in [4.78, 5) is 8.16. The molecule has 3 rings (SSSR count). The molecule has 1 aliphatic heterocycles. The van der Waals surface area contributed by atoms with Crippen LogP contribution in [0.2, 0.25) is 0 Å². The number of ether oxygens (including phenoxy) is 3. The summed E-state index contributed by atoms with van der Waals surface area (Å²) in [5.41, 5.74) is 0.840. The number of epoxide rings is 1. The van der Waals surface area contributed by atoms with Crippen molar-refractivity contribution in [2.24, 2.45) is 0 Å². The highest BCUT2D eigenvalue weighted by atomic mass is 16.6. The van der Waals surface area contributed by atoms with Crippen molar-refractivity contribution in [3.8, 4) is 11.5 Å². The zero-order chi connectivity index (χ0) is 11.7. The predicted molar refractivity (Wildman–Crippen MR) is 61.3 cm³/mol. The smallest absolute Gasteiger partial charge is 0.163 e. The van der Waals surface area contributed by atoms with E-state index >= 15 is 0 Å². The van der Waals surface area contributed by atoms with E-state index in [4.69, 9.17) is 14.2 Å². The molecule has 88 valence electrons. The molecule has 2 heterocycles. The first kappa shape index (κ1) is 10.3. The molecule has 1 fully saturated rings. The van der Waals surface area contributed by atoms with Gasteiger partial charge in [-0.2, -0.15) is 0 Å². The van der Waals surface area contributed by atoms with E-state index in [0.717, 1.165) is 17.5 Å². The number of fused-ring (bicyclic) bond motifs is 1. The SMILES string of the molecule is COc1cc2cncnc2cc1OCC1CO1. The number of aromatic nitrogens is 2. The van der Waals surface area contributed by atoms with Crippen LogP contribution in [-0.4, -0.2) is 36.4 Å². The molecule has 0 bridgehead atoms. The molecule has 1 unspecified atom stereocenters. The number of hydrogen-bond acceptors (Lipinski definition) is 5. The van der Waals surface area contributed by atoms with Gasteiger partial charge in [0.05, 0.1) is 19.2 Å². The summed E-state index contributed by atoms with van der Waals surface area (Å²) < 4.78 is 16.0. The second-order valence-corrected chi connectivity index (χ2v) is 3.85. The lowest BCUT2D eigenvalue weighted by Crippen LogP contribution is -2.05. The third-order valence-electron chi connectivity index (χ3n) is 2.62. The summed E-state index contributed by atoms with van der Waals surface area (Å²) in [5.74, 6) is 1.38. The number of benzene rings is 1. The van der Waals surface area contributed by atoms with Crippen molar-refractivity contribution in [2.75, 3.05) is 20.3 Å². The van der Waals surface area contributed by atoms with Gasteiger partial charge in [0.2, 0.25) is 0 Å². The fraction of sp³-hybridized carbons (Fsp3) is 0.333. The fourth-order valence-corrected chi connectivity index (χ4v) is 1.61. The molecule has 5 nitrogen and oxygen atoms in total. The molecule has 0 amide bonds. The first-order valence-corrected chi connectivity index (χ1v) is 5.39. The van der Waals surface area contributed by atoms with Gasteiger partial charge in [-0.1, -0.05) is 0 Å². The van der Waals surface area contributed by atoms with Gasteiger partial charge in [0.15, 0.2) is 11.5 Å². The molecule has 1 aliphatic rings. The summed E-state index contributed by atoms with van der Waals surface area (Å²) in [6.45, 7) is 1.32. The maximum atomic E-state index is 5.65. The molecule has 0 saturated carbocycles. The largest absolute Gasteiger partial charge is 0.493 e. The Bertz CT molecular complexity index is 540. The Morgan fingerprint density at radius 2 is 2.29 bits per heavy atom. The zero-order valence-electron chi connectivity index (χ0n) is 9.42. The molecule has 0 spiro atoms. The van der Waals surface area contributed by atoms with Crippen molar-refractivity contribution in [3.63, 3.8) is 0 Å². The molecular formula is C12H12N2O3. The molecule has 17 heavy (non-hydrogen) atoms. The van der Waals surface area contributed by atoms with Crippen LogP contribution in [0.1, 0.15) is 0 Å². The highest BCUT2D eigenvalue weighted by Gasteiger charge is 2.23. The minimum absolute atomic E-state index is 0.223. The summed E-state index contributed by atoms with van der Waals surface area (Å²) in [7, 11) is 1.62. The average Bonchev–Trinajstić information content (AvgIpc) is 3.19. The normalized spacial score (nSPS) is 18.1. The molecule has 1 atom stereocenters. The van der Waals surface area contributed by atoms with E-state index < -0.39 is 0 Å². The summed E-state index contributed by atoms with van der Waals surface area (Å²) in [6, 6.07) is 3.73. The summed E-state index contributed by atoms with van der Waals surface area (Å²) in [5, 5.41) is 0.930. The number of hydrogen-bond donors (Lipinski definition) is 0. The third kappa shape index (κ3) is 2.14. The highest BCUT2D eigenvalue weighted by molar-refractivity contribution is 5.81. The Balaban J connectivity index is 1.95. The lowest BCUT2D eigenvalue weighted by Gasteiger charge is -2.10. The van der Waals surface area contributed by atoms with Crippen LogP contribution in [0.3, 0.4) is 0 Å². The van der Waals surface area contributed by atoms with Gasteiger partial charge in [-0.15, -0.1) is 0 Å². The van der Waals surface area contributed by atoms with E-state index in [9.17, 15) is 0 Å². The molecule has 1 aromatic heterocycles. The topological polar surface area (TPSA) is 56.8 Å². The van der Waals surface area contributed by atoms with E-state index in [0.29, 0.717) is 18.1 Å². The van der Waals surface area contributed by atoms with E-state index in [1.165, 1.54) is 6.33 Å². The first-order chi connectivity index (χ1) is 8.36. The number of methoxy groups -OCH3 is 1. The van der Waals surface area contributed by atoms with Crippen LogP contribution in [-0.2, 0) is 4.74 Å². The van der Waals surface area contributed by atoms with Gasteiger partial charge in [0.1, 0.15) is 19.0 Å². The van der Waals surface area contributed by atoms with Crippen molar-refractivity contribution in [1.29, 1.82) is 0 Å². The molecule has 0 aliphatic carbocycles. The van der Waals surface area contributed by atoms with Gasteiger partial charge in [0.25, 0.3) is 0 Å². The lowest BCUT2D eigenvalue weighted by atomic mass is 10.2. The van der Waals surface area contributed by atoms with E-state index in [1.807, 2.05) is 12.1 Å². The summed E-state index contributed by atoms with van der Waals surface area (Å²) >= 11 is 0. The van der Waals surface area contributed by atoms with Gasteiger partial charge in [-0.3, -0.25) is 0 Å². The maximum Gasteiger partial charge on any atom is 0.163 e. The number of rotatable bonds is 4. The monoisotopic (exact) mass is 232 g/mol. The Labute approximate surface area is 98.3 Å². The minimum Gasteiger partial charge on any atom is -0.493 e. The zero-order valence-corrected chi connectivity index (χ0v) is 9.42. The molecule has 0 radical (unpaired) electrons. The van der Waals surface area contributed by atoms with Crippen molar-refractivity contribution >= 4 is 10.9 Å². The highest BCUT2D eigenvalue weighted by Crippen LogP contribution is 2.31. The van der Waals surface area contributed by atoms with Crippen LogP contribution >= 0.6 is 0 Å². The summed E-state index contributed by atoms with van der Waals surface area (Å²) in [6.07, 6.45) is 3.49. The van der Waals surface area contributed by atoms with Crippen molar-refractivity contribution in [2.45, 2.75) is 6.10 Å². The Kier molecular flexibility index (Phi) is 2.53. The predicted octanol–water partition coefficient (Wildman–Crippen LogP) is 1.42. The van der Waals surface area contributed by atoms with Crippen LogP contribution < -0.4 is 9.47 Å². The van der Waals surface area contributed by atoms with Gasteiger partial charge in [0, 0.05) is 17.6 Å². The maximum absolute atomic E-state index is 5.65. The second-order valence-electron chi connectivity index (χ2n) is 3.85. The molecule has 1 saturated heterocycles.